The van der Waals surface area contributed by atoms with Crippen molar-refractivity contribution in [2.45, 2.75) is 13.5 Å². The van der Waals surface area contributed by atoms with Crippen LogP contribution in [0.15, 0.2) is 30.5 Å². The number of fused-ring (bicyclic) bond motifs is 1. The molecule has 0 aliphatic carbocycles. The second-order valence-corrected chi connectivity index (χ2v) is 5.17. The number of aromatic nitrogens is 2. The minimum Gasteiger partial charge on any atom is -0.353 e. The van der Waals surface area contributed by atoms with E-state index in [0.717, 1.165) is 21.1 Å². The first-order valence-electron chi connectivity index (χ1n) is 5.51. The van der Waals surface area contributed by atoms with Crippen LogP contribution in [0.3, 0.4) is 0 Å². The molecule has 0 atom stereocenters. The zero-order valence-corrected chi connectivity index (χ0v) is 10.3. The Morgan fingerprint density at radius 3 is 3.00 bits per heavy atom. The SMILES string of the molecule is Cc1cccc2[nH]c(-c3ncc(CN)s3)cc12. The van der Waals surface area contributed by atoms with Gasteiger partial charge in [-0.15, -0.1) is 11.3 Å². The first-order valence-corrected chi connectivity index (χ1v) is 6.33. The number of benzene rings is 1. The van der Waals surface area contributed by atoms with E-state index in [-0.39, 0.29) is 0 Å². The molecular formula is C13H13N3S. The highest BCUT2D eigenvalue weighted by Gasteiger charge is 2.08. The van der Waals surface area contributed by atoms with Crippen molar-refractivity contribution in [2.24, 2.45) is 5.73 Å². The number of nitrogens with one attached hydrogen (secondary N) is 1. The van der Waals surface area contributed by atoms with E-state index in [2.05, 4.69) is 41.2 Å². The lowest BCUT2D eigenvalue weighted by atomic mass is 10.1. The summed E-state index contributed by atoms with van der Waals surface area (Å²) < 4.78 is 0. The van der Waals surface area contributed by atoms with E-state index in [9.17, 15) is 0 Å². The zero-order valence-electron chi connectivity index (χ0n) is 9.53. The van der Waals surface area contributed by atoms with Crippen LogP contribution >= 0.6 is 11.3 Å². The van der Waals surface area contributed by atoms with Gasteiger partial charge in [0.05, 0.1) is 5.69 Å². The molecule has 2 heterocycles. The molecule has 0 fully saturated rings. The van der Waals surface area contributed by atoms with Crippen molar-refractivity contribution in [3.05, 3.63) is 40.9 Å². The fourth-order valence-electron chi connectivity index (χ4n) is 1.95. The minimum atomic E-state index is 0.553. The van der Waals surface area contributed by atoms with E-state index >= 15 is 0 Å². The molecule has 4 heteroatoms. The van der Waals surface area contributed by atoms with Crippen LogP contribution in [0.2, 0.25) is 0 Å². The van der Waals surface area contributed by atoms with Crippen LogP contribution in [-0.4, -0.2) is 9.97 Å². The summed E-state index contributed by atoms with van der Waals surface area (Å²) in [6, 6.07) is 8.42. The molecular weight excluding hydrogens is 230 g/mol. The largest absolute Gasteiger partial charge is 0.353 e. The number of nitrogens with two attached hydrogens (primary N) is 1. The molecule has 0 spiro atoms. The lowest BCUT2D eigenvalue weighted by molar-refractivity contribution is 1.10. The number of thiazole rings is 1. The highest BCUT2D eigenvalue weighted by atomic mass is 32.1. The topological polar surface area (TPSA) is 54.7 Å². The summed E-state index contributed by atoms with van der Waals surface area (Å²) in [6.45, 7) is 2.67. The molecule has 86 valence electrons. The normalized spacial score (nSPS) is 11.2. The number of hydrogen-bond donors (Lipinski definition) is 2. The van der Waals surface area contributed by atoms with Crippen LogP contribution in [0.25, 0.3) is 21.6 Å². The van der Waals surface area contributed by atoms with Crippen molar-refractivity contribution in [3.8, 4) is 10.7 Å². The summed E-state index contributed by atoms with van der Waals surface area (Å²) in [7, 11) is 0. The second-order valence-electron chi connectivity index (χ2n) is 4.06. The minimum absolute atomic E-state index is 0.553. The van der Waals surface area contributed by atoms with Crippen molar-refractivity contribution in [1.82, 2.24) is 9.97 Å². The average Bonchev–Trinajstić information content (AvgIpc) is 2.95. The smallest absolute Gasteiger partial charge is 0.139 e. The Morgan fingerprint density at radius 2 is 2.29 bits per heavy atom. The van der Waals surface area contributed by atoms with Gasteiger partial charge >= 0.3 is 0 Å². The lowest BCUT2D eigenvalue weighted by Gasteiger charge is -1.92. The van der Waals surface area contributed by atoms with E-state index in [1.54, 1.807) is 11.3 Å². The number of aryl methyl sites for hydroxylation is 1. The van der Waals surface area contributed by atoms with Gasteiger partial charge in [-0.1, -0.05) is 12.1 Å². The van der Waals surface area contributed by atoms with Gasteiger partial charge in [-0.2, -0.15) is 0 Å². The Bertz CT molecular complexity index is 666. The van der Waals surface area contributed by atoms with Gasteiger partial charge in [-0.25, -0.2) is 4.98 Å². The van der Waals surface area contributed by atoms with Crippen molar-refractivity contribution in [1.29, 1.82) is 0 Å². The van der Waals surface area contributed by atoms with Gasteiger partial charge in [0, 0.05) is 28.5 Å². The summed E-state index contributed by atoms with van der Waals surface area (Å²) in [5, 5.41) is 2.26. The van der Waals surface area contributed by atoms with Gasteiger partial charge in [-0.05, 0) is 24.6 Å². The predicted octanol–water partition coefficient (Wildman–Crippen LogP) is 3.06. The van der Waals surface area contributed by atoms with Crippen LogP contribution in [0, 0.1) is 6.92 Å². The van der Waals surface area contributed by atoms with Gasteiger partial charge in [-0.3, -0.25) is 0 Å². The number of nitrogens with zero attached hydrogens (tertiary/aromatic N) is 1. The van der Waals surface area contributed by atoms with Gasteiger partial charge in [0.15, 0.2) is 0 Å². The number of hydrogen-bond acceptors (Lipinski definition) is 3. The number of rotatable bonds is 2. The van der Waals surface area contributed by atoms with Crippen LogP contribution in [0.4, 0.5) is 0 Å². The molecule has 0 saturated carbocycles. The predicted molar refractivity (Wildman–Crippen MR) is 72.0 cm³/mol. The van der Waals surface area contributed by atoms with E-state index in [1.807, 2.05) is 6.20 Å². The Morgan fingerprint density at radius 1 is 1.41 bits per heavy atom. The molecule has 3 rings (SSSR count). The van der Waals surface area contributed by atoms with E-state index < -0.39 is 0 Å². The van der Waals surface area contributed by atoms with Crippen molar-refractivity contribution >= 4 is 22.2 Å². The maximum Gasteiger partial charge on any atom is 0.139 e. The van der Waals surface area contributed by atoms with Crippen molar-refractivity contribution in [2.75, 3.05) is 0 Å². The summed E-state index contributed by atoms with van der Waals surface area (Å²) >= 11 is 1.64. The van der Waals surface area contributed by atoms with E-state index in [0.29, 0.717) is 6.54 Å². The molecule has 0 radical (unpaired) electrons. The van der Waals surface area contributed by atoms with Gasteiger partial charge in [0.2, 0.25) is 0 Å². The molecule has 17 heavy (non-hydrogen) atoms. The molecule has 1 aromatic carbocycles. The molecule has 0 amide bonds. The van der Waals surface area contributed by atoms with E-state index in [4.69, 9.17) is 5.73 Å². The third kappa shape index (κ3) is 1.75. The van der Waals surface area contributed by atoms with Gasteiger partial charge in [0.1, 0.15) is 5.01 Å². The zero-order chi connectivity index (χ0) is 11.8. The summed E-state index contributed by atoms with van der Waals surface area (Å²) in [5.41, 5.74) is 9.10. The second kappa shape index (κ2) is 3.98. The Kier molecular flexibility index (Phi) is 2.46. The molecule has 3 aromatic rings. The van der Waals surface area contributed by atoms with Gasteiger partial charge in [0.25, 0.3) is 0 Å². The summed E-state index contributed by atoms with van der Waals surface area (Å²) in [4.78, 5) is 8.89. The Hall–Kier alpha value is -1.65. The number of H-pyrrole nitrogens is 1. The first kappa shape index (κ1) is 10.5. The van der Waals surface area contributed by atoms with Gasteiger partial charge < -0.3 is 10.7 Å². The summed E-state index contributed by atoms with van der Waals surface area (Å²) in [6.07, 6.45) is 1.85. The lowest BCUT2D eigenvalue weighted by Crippen LogP contribution is -1.91. The molecule has 0 saturated heterocycles. The Labute approximate surface area is 103 Å². The van der Waals surface area contributed by atoms with E-state index in [1.165, 1.54) is 10.9 Å². The van der Waals surface area contributed by atoms with Crippen molar-refractivity contribution in [3.63, 3.8) is 0 Å². The fraction of sp³-hybridized carbons (Fsp3) is 0.154. The first-order chi connectivity index (χ1) is 8.28. The molecule has 0 aliphatic heterocycles. The highest BCUT2D eigenvalue weighted by Crippen LogP contribution is 2.28. The van der Waals surface area contributed by atoms with Crippen molar-refractivity contribution < 1.29 is 0 Å². The maximum absolute atomic E-state index is 5.60. The third-order valence-electron chi connectivity index (χ3n) is 2.87. The molecule has 3 N–H and O–H groups in total. The maximum atomic E-state index is 5.60. The van der Waals surface area contributed by atoms with Crippen LogP contribution in [0.1, 0.15) is 10.4 Å². The number of aromatic amines is 1. The van der Waals surface area contributed by atoms with Crippen LogP contribution < -0.4 is 5.73 Å². The quantitative estimate of drug-likeness (QED) is 0.726. The molecule has 0 aliphatic rings. The highest BCUT2D eigenvalue weighted by molar-refractivity contribution is 7.15. The van der Waals surface area contributed by atoms with Crippen LogP contribution in [-0.2, 0) is 6.54 Å². The Balaban J connectivity index is 2.14. The third-order valence-corrected chi connectivity index (χ3v) is 3.92. The molecule has 0 bridgehead atoms. The van der Waals surface area contributed by atoms with Crippen LogP contribution in [0.5, 0.6) is 0 Å². The summed E-state index contributed by atoms with van der Waals surface area (Å²) in [5.74, 6) is 0. The standard InChI is InChI=1S/C13H13N3S/c1-8-3-2-4-11-10(8)5-12(16-11)13-15-7-9(6-14)17-13/h2-5,7,16H,6,14H2,1H3. The molecule has 2 aromatic heterocycles. The fourth-order valence-corrected chi connectivity index (χ4v) is 2.71. The molecule has 3 nitrogen and oxygen atoms in total. The molecule has 0 unspecified atom stereocenters. The monoisotopic (exact) mass is 243 g/mol. The average molecular weight is 243 g/mol.